The van der Waals surface area contributed by atoms with Gasteiger partial charge in [0.25, 0.3) is 0 Å². The first-order valence-corrected chi connectivity index (χ1v) is 12.8. The molecule has 180 valence electrons. The number of sulfonamides is 1. The summed E-state index contributed by atoms with van der Waals surface area (Å²) >= 11 is 0. The minimum atomic E-state index is -3.26. The van der Waals surface area contributed by atoms with Crippen molar-refractivity contribution in [2.75, 3.05) is 32.4 Å². The van der Waals surface area contributed by atoms with Crippen molar-refractivity contribution < 1.29 is 31.5 Å². The van der Waals surface area contributed by atoms with Crippen LogP contribution in [-0.4, -0.2) is 67.9 Å². The number of ether oxygens (including phenoxy) is 2. The Labute approximate surface area is 188 Å². The second kappa shape index (κ2) is 9.51. The monoisotopic (exact) mass is 474 g/mol. The molecule has 1 aromatic carbocycles. The fraction of sp³-hybridized carbons (Fsp3) is 0.682. The molecule has 1 amide bonds. The van der Waals surface area contributed by atoms with Crippen LogP contribution in [0.5, 0.6) is 5.75 Å². The van der Waals surface area contributed by atoms with E-state index in [0.717, 1.165) is 6.26 Å². The minimum Gasteiger partial charge on any atom is -0.484 e. The first kappa shape index (κ1) is 24.7. The number of likely N-dealkylation sites (tertiary alicyclic amines) is 1. The van der Waals surface area contributed by atoms with Crippen LogP contribution >= 0.6 is 0 Å². The number of benzene rings is 1. The molecule has 2 heterocycles. The molecule has 0 aliphatic carbocycles. The van der Waals surface area contributed by atoms with E-state index >= 15 is 0 Å². The fourth-order valence-corrected chi connectivity index (χ4v) is 4.97. The molecule has 2 fully saturated rings. The van der Waals surface area contributed by atoms with Gasteiger partial charge in [0.1, 0.15) is 11.7 Å². The highest BCUT2D eigenvalue weighted by molar-refractivity contribution is 7.88. The number of hydrogen-bond acceptors (Lipinski definition) is 5. The molecule has 0 radical (unpaired) electrons. The van der Waals surface area contributed by atoms with Crippen molar-refractivity contribution in [1.29, 1.82) is 0 Å². The van der Waals surface area contributed by atoms with Crippen molar-refractivity contribution in [2.24, 2.45) is 0 Å². The lowest BCUT2D eigenvalue weighted by molar-refractivity contribution is 0.0119. The van der Waals surface area contributed by atoms with E-state index in [-0.39, 0.29) is 5.92 Å². The van der Waals surface area contributed by atoms with E-state index in [1.807, 2.05) is 0 Å². The molecule has 0 saturated carbocycles. The van der Waals surface area contributed by atoms with Crippen molar-refractivity contribution >= 4 is 16.1 Å². The summed E-state index contributed by atoms with van der Waals surface area (Å²) < 4.78 is 65.1. The number of nitrogens with zero attached hydrogens (tertiary/aromatic N) is 2. The second-order valence-electron chi connectivity index (χ2n) is 9.53. The van der Waals surface area contributed by atoms with Crippen molar-refractivity contribution in [3.8, 4) is 5.75 Å². The highest BCUT2D eigenvalue weighted by Crippen LogP contribution is 2.34. The SMILES string of the molecule is CC(C)(C)OC(=O)N1CCC(Oc2c(F)cc(C3CCN(S(C)(=O)=O)CC3)cc2F)CC1. The van der Waals surface area contributed by atoms with E-state index in [9.17, 15) is 22.0 Å². The molecule has 0 N–H and O–H groups in total. The molecule has 32 heavy (non-hydrogen) atoms. The predicted octanol–water partition coefficient (Wildman–Crippen LogP) is 3.88. The number of halogens is 2. The fourth-order valence-electron chi connectivity index (χ4n) is 4.10. The van der Waals surface area contributed by atoms with Gasteiger partial charge in [-0.05, 0) is 57.2 Å². The summed E-state index contributed by atoms with van der Waals surface area (Å²) in [6.07, 6.45) is 2.27. The lowest BCUT2D eigenvalue weighted by Crippen LogP contribution is -2.44. The Hall–Kier alpha value is -1.94. The lowest BCUT2D eigenvalue weighted by Gasteiger charge is -2.33. The lowest BCUT2D eigenvalue weighted by atomic mass is 9.90. The first-order valence-electron chi connectivity index (χ1n) is 10.9. The topological polar surface area (TPSA) is 76.2 Å². The predicted molar refractivity (Wildman–Crippen MR) is 116 cm³/mol. The maximum atomic E-state index is 14.7. The highest BCUT2D eigenvalue weighted by Gasteiger charge is 2.30. The van der Waals surface area contributed by atoms with Gasteiger partial charge < -0.3 is 14.4 Å². The van der Waals surface area contributed by atoms with Gasteiger partial charge in [0.05, 0.1) is 6.26 Å². The van der Waals surface area contributed by atoms with Gasteiger partial charge in [-0.3, -0.25) is 0 Å². The normalized spacial score (nSPS) is 19.8. The van der Waals surface area contributed by atoms with E-state index in [0.29, 0.717) is 57.4 Å². The summed E-state index contributed by atoms with van der Waals surface area (Å²) in [6, 6.07) is 2.57. The van der Waals surface area contributed by atoms with Gasteiger partial charge >= 0.3 is 6.09 Å². The molecule has 0 atom stereocenters. The quantitative estimate of drug-likeness (QED) is 0.662. The maximum absolute atomic E-state index is 14.7. The van der Waals surface area contributed by atoms with Crippen LogP contribution in [0.3, 0.4) is 0 Å². The summed E-state index contributed by atoms with van der Waals surface area (Å²) in [4.78, 5) is 13.7. The van der Waals surface area contributed by atoms with E-state index in [1.165, 1.54) is 16.4 Å². The number of hydrogen-bond donors (Lipinski definition) is 0. The average Bonchev–Trinajstić information content (AvgIpc) is 2.69. The molecule has 2 aliphatic heterocycles. The van der Waals surface area contributed by atoms with Crippen LogP contribution in [0.4, 0.5) is 13.6 Å². The van der Waals surface area contributed by atoms with Gasteiger partial charge in [-0.2, -0.15) is 0 Å². The van der Waals surface area contributed by atoms with Gasteiger partial charge in [0.2, 0.25) is 10.0 Å². The van der Waals surface area contributed by atoms with Gasteiger partial charge in [-0.1, -0.05) is 0 Å². The molecule has 3 rings (SSSR count). The third kappa shape index (κ3) is 6.31. The van der Waals surface area contributed by atoms with Gasteiger partial charge in [0, 0.05) is 39.0 Å². The number of carbonyl (C=O) groups excluding carboxylic acids is 1. The van der Waals surface area contributed by atoms with Crippen molar-refractivity contribution in [1.82, 2.24) is 9.21 Å². The molecule has 0 unspecified atom stereocenters. The molecule has 0 bridgehead atoms. The Kier molecular flexibility index (Phi) is 7.34. The average molecular weight is 475 g/mol. The number of amides is 1. The third-order valence-electron chi connectivity index (χ3n) is 5.79. The Morgan fingerprint density at radius 3 is 2.00 bits per heavy atom. The summed E-state index contributed by atoms with van der Waals surface area (Å²) in [5, 5.41) is 0. The number of rotatable bonds is 4. The Morgan fingerprint density at radius 1 is 1.00 bits per heavy atom. The molecular weight excluding hydrogens is 442 g/mol. The van der Waals surface area contributed by atoms with Crippen molar-refractivity contribution in [3.63, 3.8) is 0 Å². The van der Waals surface area contributed by atoms with E-state index in [1.54, 1.807) is 25.7 Å². The molecule has 10 heteroatoms. The maximum Gasteiger partial charge on any atom is 0.410 e. The summed E-state index contributed by atoms with van der Waals surface area (Å²) in [5.74, 6) is -2.04. The van der Waals surface area contributed by atoms with Crippen LogP contribution in [-0.2, 0) is 14.8 Å². The summed E-state index contributed by atoms with van der Waals surface area (Å²) in [5.41, 5.74) is -0.0694. The Morgan fingerprint density at radius 2 is 1.53 bits per heavy atom. The van der Waals surface area contributed by atoms with Gasteiger partial charge in [-0.15, -0.1) is 0 Å². The standard InChI is InChI=1S/C22H32F2N2O5S/c1-22(2,3)31-21(27)25-9-7-17(8-10-25)30-20-18(23)13-16(14-19(20)24)15-5-11-26(12-6-15)32(4,28)29/h13-15,17H,5-12H2,1-4H3. The van der Waals surface area contributed by atoms with Crippen LogP contribution < -0.4 is 4.74 Å². The largest absolute Gasteiger partial charge is 0.484 e. The van der Waals surface area contributed by atoms with Crippen molar-refractivity contribution in [3.05, 3.63) is 29.3 Å². The molecule has 0 spiro atoms. The first-order chi connectivity index (χ1) is 14.8. The summed E-state index contributed by atoms with van der Waals surface area (Å²) in [7, 11) is -3.26. The molecular formula is C22H32F2N2O5S. The van der Waals surface area contributed by atoms with Gasteiger partial charge in [-0.25, -0.2) is 26.3 Å². The molecule has 2 aliphatic rings. The number of piperidine rings is 2. The smallest absolute Gasteiger partial charge is 0.410 e. The Balaban J connectivity index is 1.58. The van der Waals surface area contributed by atoms with Crippen LogP contribution in [0.25, 0.3) is 0 Å². The second-order valence-corrected chi connectivity index (χ2v) is 11.5. The van der Waals surface area contributed by atoms with Crippen LogP contribution in [0.1, 0.15) is 57.9 Å². The Bertz CT molecular complexity index is 909. The van der Waals surface area contributed by atoms with Crippen LogP contribution in [0, 0.1) is 11.6 Å². The highest BCUT2D eigenvalue weighted by atomic mass is 32.2. The van der Waals surface area contributed by atoms with Gasteiger partial charge in [0.15, 0.2) is 17.4 Å². The third-order valence-corrected chi connectivity index (χ3v) is 7.10. The van der Waals surface area contributed by atoms with Crippen LogP contribution in [0.2, 0.25) is 0 Å². The van der Waals surface area contributed by atoms with E-state index < -0.39 is 45.2 Å². The summed E-state index contributed by atoms with van der Waals surface area (Å²) in [6.45, 7) is 6.84. The zero-order chi connectivity index (χ0) is 23.7. The van der Waals surface area contributed by atoms with Crippen LogP contribution in [0.15, 0.2) is 12.1 Å². The zero-order valence-electron chi connectivity index (χ0n) is 19.1. The zero-order valence-corrected chi connectivity index (χ0v) is 19.9. The van der Waals surface area contributed by atoms with Crippen molar-refractivity contribution in [2.45, 2.75) is 64.1 Å². The molecule has 7 nitrogen and oxygen atoms in total. The molecule has 1 aromatic rings. The molecule has 0 aromatic heterocycles. The minimum absolute atomic E-state index is 0.108. The van der Waals surface area contributed by atoms with E-state index in [2.05, 4.69) is 0 Å². The van der Waals surface area contributed by atoms with E-state index in [4.69, 9.17) is 9.47 Å². The molecule has 2 saturated heterocycles. The number of carbonyl (C=O) groups is 1.